The Bertz CT molecular complexity index is 1020. The predicted molar refractivity (Wildman–Crippen MR) is 105 cm³/mol. The van der Waals surface area contributed by atoms with Crippen molar-refractivity contribution in [1.82, 2.24) is 4.98 Å². The highest BCUT2D eigenvalue weighted by Crippen LogP contribution is 2.38. The average Bonchev–Trinajstić information content (AvgIpc) is 2.63. The minimum absolute atomic E-state index is 0.0712. The largest absolute Gasteiger partial charge is 0.324 e. The van der Waals surface area contributed by atoms with Crippen molar-refractivity contribution >= 4 is 57.5 Å². The lowest BCUT2D eigenvalue weighted by Gasteiger charge is -2.23. The molecule has 2 aromatic carbocycles. The topological polar surface area (TPSA) is 71.1 Å². The number of halogens is 1. The lowest BCUT2D eigenvalue weighted by atomic mass is 10.2. The minimum atomic E-state index is -0.494. The number of hydrogen-bond acceptors (Lipinski definition) is 4. The van der Waals surface area contributed by atoms with Crippen LogP contribution >= 0.6 is 23.4 Å². The number of aromatic nitrogens is 1. The number of rotatable bonds is 3. The summed E-state index contributed by atoms with van der Waals surface area (Å²) in [5.74, 6) is -0.427. The summed E-state index contributed by atoms with van der Waals surface area (Å²) in [7, 11) is 0. The van der Waals surface area contributed by atoms with Crippen molar-refractivity contribution in [3.05, 3.63) is 59.8 Å². The first-order valence-corrected chi connectivity index (χ1v) is 9.26. The Hall–Kier alpha value is -2.57. The molecule has 0 radical (unpaired) electrons. The number of anilines is 2. The summed E-state index contributed by atoms with van der Waals surface area (Å²) in [5.41, 5.74) is 2.05. The van der Waals surface area contributed by atoms with Gasteiger partial charge in [0.1, 0.15) is 0 Å². The van der Waals surface area contributed by atoms with E-state index in [0.29, 0.717) is 16.4 Å². The third-order valence-electron chi connectivity index (χ3n) is 4.04. The average molecular weight is 384 g/mol. The number of nitrogens with one attached hydrogen (secondary N) is 2. The van der Waals surface area contributed by atoms with Gasteiger partial charge < -0.3 is 10.6 Å². The smallest absolute Gasteiger partial charge is 0.238 e. The fourth-order valence-electron chi connectivity index (χ4n) is 2.83. The Labute approximate surface area is 159 Å². The fraction of sp³-hybridized carbons (Fsp3) is 0.105. The molecule has 5 nitrogen and oxygen atoms in total. The van der Waals surface area contributed by atoms with Gasteiger partial charge in [-0.2, -0.15) is 0 Å². The molecule has 130 valence electrons. The summed E-state index contributed by atoms with van der Waals surface area (Å²) in [6.07, 6.45) is 1.76. The van der Waals surface area contributed by atoms with E-state index in [0.717, 1.165) is 15.8 Å². The number of benzene rings is 2. The van der Waals surface area contributed by atoms with Gasteiger partial charge in [-0.05, 0) is 30.3 Å². The Morgan fingerprint density at radius 1 is 1.23 bits per heavy atom. The van der Waals surface area contributed by atoms with Crippen LogP contribution in [0.25, 0.3) is 10.9 Å². The molecule has 4 rings (SSSR count). The van der Waals surface area contributed by atoms with Crippen molar-refractivity contribution < 1.29 is 9.59 Å². The summed E-state index contributed by atoms with van der Waals surface area (Å²) in [6.45, 7) is 0. The SMILES string of the molecule is O=C(CC1Sc2ccc(Cl)cc2NC1=O)Nc1cccc2cccnc12. The maximum atomic E-state index is 12.5. The van der Waals surface area contributed by atoms with Gasteiger partial charge in [0.2, 0.25) is 11.8 Å². The highest BCUT2D eigenvalue weighted by molar-refractivity contribution is 8.01. The first kappa shape index (κ1) is 16.9. The Morgan fingerprint density at radius 2 is 2.08 bits per heavy atom. The van der Waals surface area contributed by atoms with Crippen LogP contribution in [0.3, 0.4) is 0 Å². The van der Waals surface area contributed by atoms with Crippen LogP contribution in [-0.2, 0) is 9.59 Å². The highest BCUT2D eigenvalue weighted by Gasteiger charge is 2.29. The third kappa shape index (κ3) is 3.38. The van der Waals surface area contributed by atoms with Crippen LogP contribution in [0.15, 0.2) is 59.6 Å². The number of fused-ring (bicyclic) bond motifs is 2. The maximum Gasteiger partial charge on any atom is 0.238 e. The molecule has 0 fully saturated rings. The van der Waals surface area contributed by atoms with E-state index in [-0.39, 0.29) is 18.2 Å². The van der Waals surface area contributed by atoms with Crippen LogP contribution in [0.4, 0.5) is 11.4 Å². The monoisotopic (exact) mass is 383 g/mol. The number of nitrogens with zero attached hydrogens (tertiary/aromatic N) is 1. The van der Waals surface area contributed by atoms with Gasteiger partial charge in [-0.1, -0.05) is 29.8 Å². The molecule has 1 aliphatic rings. The van der Waals surface area contributed by atoms with Crippen molar-refractivity contribution in [3.63, 3.8) is 0 Å². The Morgan fingerprint density at radius 3 is 2.96 bits per heavy atom. The first-order chi connectivity index (χ1) is 12.6. The number of carbonyl (C=O) groups is 2. The van der Waals surface area contributed by atoms with E-state index >= 15 is 0 Å². The summed E-state index contributed by atoms with van der Waals surface area (Å²) < 4.78 is 0. The molecule has 0 saturated carbocycles. The summed E-state index contributed by atoms with van der Waals surface area (Å²) in [6, 6.07) is 14.7. The molecule has 0 aliphatic carbocycles. The Kier molecular flexibility index (Phi) is 4.53. The second-order valence-corrected chi connectivity index (χ2v) is 7.55. The molecule has 1 unspecified atom stereocenters. The van der Waals surface area contributed by atoms with E-state index in [9.17, 15) is 9.59 Å². The molecule has 0 spiro atoms. The lowest BCUT2D eigenvalue weighted by Crippen LogP contribution is -2.32. The molecule has 2 amide bonds. The molecular formula is C19H14ClN3O2S. The number of hydrogen-bond donors (Lipinski definition) is 2. The second kappa shape index (κ2) is 6.97. The number of carbonyl (C=O) groups excluding carboxylic acids is 2. The van der Waals surface area contributed by atoms with Gasteiger partial charge in [-0.25, -0.2) is 0 Å². The zero-order valence-corrected chi connectivity index (χ0v) is 15.1. The van der Waals surface area contributed by atoms with Gasteiger partial charge in [0, 0.05) is 27.9 Å². The lowest BCUT2D eigenvalue weighted by molar-refractivity contribution is -0.120. The van der Waals surface area contributed by atoms with Crippen molar-refractivity contribution in [2.75, 3.05) is 10.6 Å². The van der Waals surface area contributed by atoms with Crippen molar-refractivity contribution in [1.29, 1.82) is 0 Å². The van der Waals surface area contributed by atoms with E-state index in [1.54, 1.807) is 24.4 Å². The third-order valence-corrected chi connectivity index (χ3v) is 5.55. The molecule has 0 saturated heterocycles. The van der Waals surface area contributed by atoms with Crippen LogP contribution in [0.1, 0.15) is 6.42 Å². The summed E-state index contributed by atoms with van der Waals surface area (Å²) in [4.78, 5) is 30.0. The van der Waals surface area contributed by atoms with Crippen LogP contribution in [0, 0.1) is 0 Å². The van der Waals surface area contributed by atoms with E-state index in [1.807, 2.05) is 30.3 Å². The zero-order chi connectivity index (χ0) is 18.1. The van der Waals surface area contributed by atoms with Gasteiger partial charge in [0.15, 0.2) is 0 Å². The van der Waals surface area contributed by atoms with Crippen LogP contribution < -0.4 is 10.6 Å². The molecule has 26 heavy (non-hydrogen) atoms. The molecule has 1 aliphatic heterocycles. The quantitative estimate of drug-likeness (QED) is 0.706. The molecule has 1 aromatic heterocycles. The Balaban J connectivity index is 1.50. The van der Waals surface area contributed by atoms with E-state index in [1.165, 1.54) is 11.8 Å². The van der Waals surface area contributed by atoms with Crippen LogP contribution in [0.2, 0.25) is 5.02 Å². The van der Waals surface area contributed by atoms with E-state index in [2.05, 4.69) is 15.6 Å². The van der Waals surface area contributed by atoms with E-state index in [4.69, 9.17) is 11.6 Å². The summed E-state index contributed by atoms with van der Waals surface area (Å²) in [5, 5.41) is 6.69. The standard InChI is InChI=1S/C19H14ClN3O2S/c20-12-6-7-15-14(9-12)23-19(25)16(26-15)10-17(24)22-13-5-1-3-11-4-2-8-21-18(11)13/h1-9,16H,10H2,(H,22,24)(H,23,25). The molecule has 2 heterocycles. The normalized spacial score (nSPS) is 16.0. The maximum absolute atomic E-state index is 12.5. The van der Waals surface area contributed by atoms with Gasteiger partial charge >= 0.3 is 0 Å². The van der Waals surface area contributed by atoms with E-state index < -0.39 is 5.25 Å². The number of thioether (sulfide) groups is 1. The second-order valence-electron chi connectivity index (χ2n) is 5.87. The molecule has 2 N–H and O–H groups in total. The fourth-order valence-corrected chi connectivity index (χ4v) is 4.09. The van der Waals surface area contributed by atoms with Crippen LogP contribution in [0.5, 0.6) is 0 Å². The molecule has 0 bridgehead atoms. The van der Waals surface area contributed by atoms with Gasteiger partial charge in [-0.15, -0.1) is 11.8 Å². The highest BCUT2D eigenvalue weighted by atomic mass is 35.5. The number of amides is 2. The van der Waals surface area contributed by atoms with Crippen molar-refractivity contribution in [3.8, 4) is 0 Å². The van der Waals surface area contributed by atoms with Gasteiger partial charge in [0.05, 0.1) is 22.1 Å². The van der Waals surface area contributed by atoms with Crippen molar-refractivity contribution in [2.45, 2.75) is 16.6 Å². The summed E-state index contributed by atoms with van der Waals surface area (Å²) >= 11 is 7.32. The predicted octanol–water partition coefficient (Wildman–Crippen LogP) is 4.33. The van der Waals surface area contributed by atoms with Crippen molar-refractivity contribution in [2.24, 2.45) is 0 Å². The first-order valence-electron chi connectivity index (χ1n) is 8.01. The minimum Gasteiger partial charge on any atom is -0.324 e. The molecule has 3 aromatic rings. The van der Waals surface area contributed by atoms with Crippen LogP contribution in [-0.4, -0.2) is 22.0 Å². The zero-order valence-electron chi connectivity index (χ0n) is 13.5. The number of pyridine rings is 1. The molecule has 7 heteroatoms. The molecular weight excluding hydrogens is 370 g/mol. The molecule has 1 atom stereocenters. The van der Waals surface area contributed by atoms with Gasteiger partial charge in [-0.3, -0.25) is 14.6 Å². The number of para-hydroxylation sites is 1. The van der Waals surface area contributed by atoms with Gasteiger partial charge in [0.25, 0.3) is 0 Å².